The minimum Gasteiger partial charge on any atom is -0.356 e. The van der Waals surface area contributed by atoms with Crippen LogP contribution in [0.1, 0.15) is 0 Å². The summed E-state index contributed by atoms with van der Waals surface area (Å²) < 4.78 is 5.35. The Bertz CT molecular complexity index is 661. The van der Waals surface area contributed by atoms with Crippen LogP contribution in [-0.2, 0) is 0 Å². The average molecular weight is 256 g/mol. The van der Waals surface area contributed by atoms with Crippen molar-refractivity contribution in [3.8, 4) is 22.6 Å². The summed E-state index contributed by atoms with van der Waals surface area (Å²) in [6, 6.07) is 19.4. The Morgan fingerprint density at radius 3 is 2.39 bits per heavy atom. The van der Waals surface area contributed by atoms with E-state index < -0.39 is 0 Å². The summed E-state index contributed by atoms with van der Waals surface area (Å²) in [7, 11) is 0. The molecule has 0 amide bonds. The van der Waals surface area contributed by atoms with Crippen molar-refractivity contribution in [2.24, 2.45) is 0 Å². The van der Waals surface area contributed by atoms with Gasteiger partial charge in [-0.3, -0.25) is 0 Å². The first kappa shape index (κ1) is 11.1. The van der Waals surface area contributed by atoms with Crippen LogP contribution in [0.3, 0.4) is 0 Å². The minimum absolute atomic E-state index is 0.672. The molecule has 0 N–H and O–H groups in total. The normalized spacial score (nSPS) is 10.5. The minimum atomic E-state index is 0.672. The van der Waals surface area contributed by atoms with Gasteiger partial charge in [-0.1, -0.05) is 65.3 Å². The first-order valence-electron chi connectivity index (χ1n) is 5.61. The molecule has 0 bridgehead atoms. The third-order valence-corrected chi connectivity index (χ3v) is 3.05. The molecule has 0 aliphatic carbocycles. The number of nitrogens with zero attached hydrogens (tertiary/aromatic N) is 1. The molecule has 3 aromatic rings. The molecule has 0 saturated carbocycles. The van der Waals surface area contributed by atoms with Gasteiger partial charge in [0, 0.05) is 17.2 Å². The van der Waals surface area contributed by atoms with Gasteiger partial charge in [-0.25, -0.2) is 0 Å². The highest BCUT2D eigenvalue weighted by Gasteiger charge is 2.10. The third-order valence-electron chi connectivity index (χ3n) is 2.72. The Balaban J connectivity index is 2.03. The maximum atomic E-state index is 6.13. The van der Waals surface area contributed by atoms with Crippen molar-refractivity contribution in [3.63, 3.8) is 0 Å². The smallest absolute Gasteiger partial charge is 0.167 e. The molecule has 0 radical (unpaired) electrons. The highest BCUT2D eigenvalue weighted by Crippen LogP contribution is 2.30. The molecule has 3 rings (SSSR count). The van der Waals surface area contributed by atoms with Gasteiger partial charge in [-0.15, -0.1) is 0 Å². The van der Waals surface area contributed by atoms with Gasteiger partial charge in [-0.2, -0.15) is 0 Å². The molecule has 0 unspecified atom stereocenters. The zero-order valence-electron chi connectivity index (χ0n) is 9.51. The van der Waals surface area contributed by atoms with E-state index in [4.69, 9.17) is 16.1 Å². The largest absolute Gasteiger partial charge is 0.356 e. The van der Waals surface area contributed by atoms with Crippen molar-refractivity contribution in [2.75, 3.05) is 0 Å². The highest BCUT2D eigenvalue weighted by atomic mass is 35.5. The van der Waals surface area contributed by atoms with Crippen molar-refractivity contribution >= 4 is 11.6 Å². The Morgan fingerprint density at radius 2 is 1.61 bits per heavy atom. The second kappa shape index (κ2) is 4.67. The van der Waals surface area contributed by atoms with Crippen LogP contribution >= 0.6 is 11.6 Å². The van der Waals surface area contributed by atoms with Crippen LogP contribution in [0.4, 0.5) is 0 Å². The Labute approximate surface area is 110 Å². The van der Waals surface area contributed by atoms with Crippen LogP contribution in [0.2, 0.25) is 5.02 Å². The standard InChI is InChI=1S/C15H10ClNO/c16-13-9-5-4-8-12(13)14-10-15(18-17-14)11-6-2-1-3-7-11/h1-10H. The van der Waals surface area contributed by atoms with Crippen molar-refractivity contribution in [1.29, 1.82) is 0 Å². The fraction of sp³-hybridized carbons (Fsp3) is 0. The molecule has 2 aromatic carbocycles. The molecule has 18 heavy (non-hydrogen) atoms. The lowest BCUT2D eigenvalue weighted by Crippen LogP contribution is -1.77. The summed E-state index contributed by atoms with van der Waals surface area (Å²) in [5.41, 5.74) is 2.63. The van der Waals surface area contributed by atoms with E-state index in [2.05, 4.69) is 5.16 Å². The summed E-state index contributed by atoms with van der Waals surface area (Å²) in [5.74, 6) is 0.741. The summed E-state index contributed by atoms with van der Waals surface area (Å²) in [6.07, 6.45) is 0. The number of rotatable bonds is 2. The zero-order chi connectivity index (χ0) is 12.4. The summed E-state index contributed by atoms with van der Waals surface area (Å²) in [6.45, 7) is 0. The van der Waals surface area contributed by atoms with Crippen LogP contribution < -0.4 is 0 Å². The van der Waals surface area contributed by atoms with E-state index in [1.165, 1.54) is 0 Å². The zero-order valence-corrected chi connectivity index (χ0v) is 10.3. The lowest BCUT2D eigenvalue weighted by molar-refractivity contribution is 0.435. The van der Waals surface area contributed by atoms with Gasteiger partial charge in [0.05, 0.1) is 5.02 Å². The van der Waals surface area contributed by atoms with Gasteiger partial charge in [-0.05, 0) is 6.07 Å². The number of halogens is 1. The van der Waals surface area contributed by atoms with Gasteiger partial charge in [0.25, 0.3) is 0 Å². The fourth-order valence-corrected chi connectivity index (χ4v) is 2.04. The number of benzene rings is 2. The molecular formula is C15H10ClNO. The number of hydrogen-bond acceptors (Lipinski definition) is 2. The Kier molecular flexibility index (Phi) is 2.87. The molecular weight excluding hydrogens is 246 g/mol. The van der Waals surface area contributed by atoms with E-state index >= 15 is 0 Å². The molecule has 0 fully saturated rings. The molecule has 1 aromatic heterocycles. The van der Waals surface area contributed by atoms with Crippen molar-refractivity contribution in [1.82, 2.24) is 5.16 Å². The van der Waals surface area contributed by atoms with Crippen molar-refractivity contribution in [3.05, 3.63) is 65.7 Å². The van der Waals surface area contributed by atoms with Crippen LogP contribution in [0.25, 0.3) is 22.6 Å². The molecule has 0 saturated heterocycles. The van der Waals surface area contributed by atoms with E-state index in [1.807, 2.05) is 60.7 Å². The van der Waals surface area contributed by atoms with Crippen molar-refractivity contribution < 1.29 is 4.52 Å². The van der Waals surface area contributed by atoms with E-state index in [0.717, 1.165) is 22.6 Å². The molecule has 0 spiro atoms. The maximum Gasteiger partial charge on any atom is 0.167 e. The molecule has 3 heteroatoms. The first-order valence-corrected chi connectivity index (χ1v) is 5.99. The highest BCUT2D eigenvalue weighted by molar-refractivity contribution is 6.33. The molecule has 88 valence electrons. The van der Waals surface area contributed by atoms with E-state index in [0.29, 0.717) is 5.02 Å². The number of aromatic nitrogens is 1. The molecule has 0 atom stereocenters. The van der Waals surface area contributed by atoms with E-state index in [1.54, 1.807) is 0 Å². The topological polar surface area (TPSA) is 26.0 Å². The van der Waals surface area contributed by atoms with Gasteiger partial charge in [0.1, 0.15) is 5.69 Å². The van der Waals surface area contributed by atoms with Crippen LogP contribution in [0, 0.1) is 0 Å². The van der Waals surface area contributed by atoms with Gasteiger partial charge >= 0.3 is 0 Å². The van der Waals surface area contributed by atoms with Crippen LogP contribution in [-0.4, -0.2) is 5.16 Å². The maximum absolute atomic E-state index is 6.13. The second-order valence-electron chi connectivity index (χ2n) is 3.92. The third kappa shape index (κ3) is 2.03. The van der Waals surface area contributed by atoms with E-state index in [9.17, 15) is 0 Å². The Morgan fingerprint density at radius 1 is 0.889 bits per heavy atom. The number of hydrogen-bond donors (Lipinski definition) is 0. The quantitative estimate of drug-likeness (QED) is 0.665. The van der Waals surface area contributed by atoms with Gasteiger partial charge < -0.3 is 4.52 Å². The summed E-state index contributed by atoms with van der Waals surface area (Å²) in [4.78, 5) is 0. The molecule has 2 nitrogen and oxygen atoms in total. The fourth-order valence-electron chi connectivity index (χ4n) is 1.81. The predicted octanol–water partition coefficient (Wildman–Crippen LogP) is 4.66. The monoisotopic (exact) mass is 255 g/mol. The summed E-state index contributed by atoms with van der Waals surface area (Å²) in [5, 5.41) is 4.74. The second-order valence-corrected chi connectivity index (χ2v) is 4.33. The average Bonchev–Trinajstić information content (AvgIpc) is 2.90. The predicted molar refractivity (Wildman–Crippen MR) is 72.4 cm³/mol. The van der Waals surface area contributed by atoms with Crippen molar-refractivity contribution in [2.45, 2.75) is 0 Å². The first-order chi connectivity index (χ1) is 8.84. The molecule has 0 aliphatic heterocycles. The Hall–Kier alpha value is -2.06. The van der Waals surface area contributed by atoms with Gasteiger partial charge in [0.15, 0.2) is 5.76 Å². The van der Waals surface area contributed by atoms with Crippen LogP contribution in [0.5, 0.6) is 0 Å². The molecule has 1 heterocycles. The lowest BCUT2D eigenvalue weighted by atomic mass is 10.1. The van der Waals surface area contributed by atoms with Gasteiger partial charge in [0.2, 0.25) is 0 Å². The van der Waals surface area contributed by atoms with E-state index in [-0.39, 0.29) is 0 Å². The lowest BCUT2D eigenvalue weighted by Gasteiger charge is -1.97. The SMILES string of the molecule is Clc1ccccc1-c1cc(-c2ccccc2)on1. The van der Waals surface area contributed by atoms with Crippen LogP contribution in [0.15, 0.2) is 65.2 Å². The summed E-state index contributed by atoms with van der Waals surface area (Å²) >= 11 is 6.13. The molecule has 0 aliphatic rings.